The minimum Gasteiger partial charge on any atom is -0.328 e. The number of benzene rings is 1. The Morgan fingerprint density at radius 3 is 2.84 bits per heavy atom. The number of rotatable bonds is 5. The van der Waals surface area contributed by atoms with Gasteiger partial charge in [-0.15, -0.1) is 0 Å². The molecule has 1 unspecified atom stereocenters. The number of nitrogens with one attached hydrogen (secondary N) is 3. The van der Waals surface area contributed by atoms with Gasteiger partial charge in [-0.3, -0.25) is 19.7 Å². The summed E-state index contributed by atoms with van der Waals surface area (Å²) in [7, 11) is 0. The summed E-state index contributed by atoms with van der Waals surface area (Å²) in [5.74, 6) is -0.525. The molecule has 0 aromatic heterocycles. The summed E-state index contributed by atoms with van der Waals surface area (Å²) in [6.45, 7) is 0.448. The van der Waals surface area contributed by atoms with Crippen LogP contribution in [-0.2, 0) is 20.9 Å². The van der Waals surface area contributed by atoms with Crippen molar-refractivity contribution < 1.29 is 14.4 Å². The van der Waals surface area contributed by atoms with E-state index in [9.17, 15) is 14.4 Å². The zero-order valence-electron chi connectivity index (χ0n) is 10.3. The Kier molecular flexibility index (Phi) is 4.25. The van der Waals surface area contributed by atoms with E-state index in [0.29, 0.717) is 31.5 Å². The van der Waals surface area contributed by atoms with E-state index in [1.165, 1.54) is 0 Å². The van der Waals surface area contributed by atoms with Crippen molar-refractivity contribution in [2.24, 2.45) is 0 Å². The Hall–Kier alpha value is -2.21. The maximum absolute atomic E-state index is 11.6. The Balaban J connectivity index is 1.97. The highest BCUT2D eigenvalue weighted by Crippen LogP contribution is 2.14. The molecule has 1 heterocycles. The first kappa shape index (κ1) is 13.2. The first-order valence-electron chi connectivity index (χ1n) is 6.06. The van der Waals surface area contributed by atoms with Crippen LogP contribution in [0.1, 0.15) is 18.4 Å². The first-order valence-corrected chi connectivity index (χ1v) is 6.06. The van der Waals surface area contributed by atoms with Crippen LogP contribution in [0, 0.1) is 0 Å². The third-order valence-electron chi connectivity index (χ3n) is 3.01. The van der Waals surface area contributed by atoms with E-state index in [1.54, 1.807) is 6.07 Å². The largest absolute Gasteiger partial charge is 0.328 e. The second-order valence-electron chi connectivity index (χ2n) is 4.30. The number of piperidine rings is 1. The van der Waals surface area contributed by atoms with E-state index in [-0.39, 0.29) is 17.9 Å². The molecule has 0 saturated carbocycles. The Morgan fingerprint density at radius 2 is 2.11 bits per heavy atom. The number of carbonyl (C=O) groups is 3. The molecule has 100 valence electrons. The molecule has 0 bridgehead atoms. The first-order chi connectivity index (χ1) is 9.20. The molecule has 2 rings (SSSR count). The molecule has 1 atom stereocenters. The number of hydrogen-bond donors (Lipinski definition) is 3. The Morgan fingerprint density at radius 1 is 1.32 bits per heavy atom. The minimum atomic E-state index is -0.373. The second kappa shape index (κ2) is 6.10. The van der Waals surface area contributed by atoms with Gasteiger partial charge in [-0.1, -0.05) is 18.2 Å². The van der Waals surface area contributed by atoms with Gasteiger partial charge in [-0.2, -0.15) is 0 Å². The molecule has 19 heavy (non-hydrogen) atoms. The van der Waals surface area contributed by atoms with Gasteiger partial charge >= 0.3 is 0 Å². The third-order valence-corrected chi connectivity index (χ3v) is 3.01. The molecule has 1 aliphatic heterocycles. The Bertz CT molecular complexity index is 502. The summed E-state index contributed by atoms with van der Waals surface area (Å²) in [6.07, 6.45) is 1.45. The summed E-state index contributed by atoms with van der Waals surface area (Å²) < 4.78 is 0. The molecule has 0 radical (unpaired) electrons. The van der Waals surface area contributed by atoms with Crippen LogP contribution in [0.5, 0.6) is 0 Å². The van der Waals surface area contributed by atoms with Gasteiger partial charge in [-0.05, 0) is 18.1 Å². The highest BCUT2D eigenvalue weighted by Gasteiger charge is 2.25. The van der Waals surface area contributed by atoms with Crippen molar-refractivity contribution in [3.8, 4) is 0 Å². The van der Waals surface area contributed by atoms with Crippen LogP contribution in [-0.4, -0.2) is 24.3 Å². The molecule has 6 heteroatoms. The van der Waals surface area contributed by atoms with Crippen molar-refractivity contribution in [1.82, 2.24) is 10.6 Å². The van der Waals surface area contributed by atoms with E-state index < -0.39 is 0 Å². The maximum Gasteiger partial charge on any atom is 0.243 e. The second-order valence-corrected chi connectivity index (χ2v) is 4.30. The standard InChI is InChI=1S/C13H15N3O3/c17-8-15-10-4-2-1-3-9(10)7-14-11-5-6-12(18)16-13(11)19/h1-4,8,11,14H,5-7H2,(H,15,17)(H,16,18,19). The van der Waals surface area contributed by atoms with E-state index in [0.717, 1.165) is 5.56 Å². The highest BCUT2D eigenvalue weighted by molar-refractivity contribution is 6.00. The lowest BCUT2D eigenvalue weighted by atomic mass is 10.1. The molecule has 1 aromatic carbocycles. The SMILES string of the molecule is O=CNc1ccccc1CNC1CCC(=O)NC1=O. The topological polar surface area (TPSA) is 87.3 Å². The summed E-state index contributed by atoms with van der Waals surface area (Å²) in [6, 6.07) is 6.96. The lowest BCUT2D eigenvalue weighted by molar-refractivity contribution is -0.134. The number of anilines is 1. The summed E-state index contributed by atoms with van der Waals surface area (Å²) in [5, 5.41) is 7.99. The lowest BCUT2D eigenvalue weighted by Crippen LogP contribution is -2.50. The van der Waals surface area contributed by atoms with Gasteiger partial charge in [0.25, 0.3) is 0 Å². The van der Waals surface area contributed by atoms with E-state index in [1.807, 2.05) is 18.2 Å². The summed E-state index contributed by atoms with van der Waals surface area (Å²) in [5.41, 5.74) is 1.59. The summed E-state index contributed by atoms with van der Waals surface area (Å²) in [4.78, 5) is 33.1. The lowest BCUT2D eigenvalue weighted by Gasteiger charge is -2.22. The molecule has 3 amide bonds. The van der Waals surface area contributed by atoms with Gasteiger partial charge in [0.2, 0.25) is 18.2 Å². The van der Waals surface area contributed by atoms with Crippen LogP contribution in [0.25, 0.3) is 0 Å². The zero-order chi connectivity index (χ0) is 13.7. The Labute approximate surface area is 110 Å². The van der Waals surface area contributed by atoms with Crippen molar-refractivity contribution in [1.29, 1.82) is 0 Å². The number of para-hydroxylation sites is 1. The molecule has 6 nitrogen and oxygen atoms in total. The fourth-order valence-electron chi connectivity index (χ4n) is 2.00. The molecule has 1 saturated heterocycles. The molecular formula is C13H15N3O3. The number of amides is 3. The molecule has 0 spiro atoms. The minimum absolute atomic E-state index is 0.230. The molecular weight excluding hydrogens is 246 g/mol. The van der Waals surface area contributed by atoms with E-state index in [2.05, 4.69) is 16.0 Å². The van der Waals surface area contributed by atoms with Gasteiger partial charge in [0.05, 0.1) is 6.04 Å². The average molecular weight is 261 g/mol. The van der Waals surface area contributed by atoms with Gasteiger partial charge < -0.3 is 10.6 Å². The van der Waals surface area contributed by atoms with Crippen molar-refractivity contribution in [3.05, 3.63) is 29.8 Å². The van der Waals surface area contributed by atoms with Crippen LogP contribution in [0.4, 0.5) is 5.69 Å². The number of carbonyl (C=O) groups excluding carboxylic acids is 3. The summed E-state index contributed by atoms with van der Waals surface area (Å²) >= 11 is 0. The predicted molar refractivity (Wildman–Crippen MR) is 69.1 cm³/mol. The smallest absolute Gasteiger partial charge is 0.243 e. The van der Waals surface area contributed by atoms with Gasteiger partial charge in [0.1, 0.15) is 0 Å². The van der Waals surface area contributed by atoms with Crippen LogP contribution in [0.15, 0.2) is 24.3 Å². The number of imide groups is 1. The quantitative estimate of drug-likeness (QED) is 0.520. The van der Waals surface area contributed by atoms with Crippen LogP contribution >= 0.6 is 0 Å². The van der Waals surface area contributed by atoms with Crippen LogP contribution in [0.3, 0.4) is 0 Å². The molecule has 1 aliphatic rings. The normalized spacial score (nSPS) is 18.8. The van der Waals surface area contributed by atoms with Crippen molar-refractivity contribution in [2.75, 3.05) is 5.32 Å². The van der Waals surface area contributed by atoms with Gasteiger partial charge in [-0.25, -0.2) is 0 Å². The highest BCUT2D eigenvalue weighted by atomic mass is 16.2. The molecule has 0 aliphatic carbocycles. The van der Waals surface area contributed by atoms with Crippen molar-refractivity contribution in [3.63, 3.8) is 0 Å². The fourth-order valence-corrected chi connectivity index (χ4v) is 2.00. The van der Waals surface area contributed by atoms with Gasteiger partial charge in [0.15, 0.2) is 0 Å². The zero-order valence-corrected chi connectivity index (χ0v) is 10.3. The third kappa shape index (κ3) is 3.38. The fraction of sp³-hybridized carbons (Fsp3) is 0.308. The maximum atomic E-state index is 11.6. The van der Waals surface area contributed by atoms with Crippen LogP contribution < -0.4 is 16.0 Å². The molecule has 3 N–H and O–H groups in total. The molecule has 1 aromatic rings. The van der Waals surface area contributed by atoms with E-state index >= 15 is 0 Å². The number of hydrogen-bond acceptors (Lipinski definition) is 4. The van der Waals surface area contributed by atoms with Gasteiger partial charge in [0, 0.05) is 18.7 Å². The molecule has 1 fully saturated rings. The van der Waals surface area contributed by atoms with Crippen molar-refractivity contribution in [2.45, 2.75) is 25.4 Å². The van der Waals surface area contributed by atoms with Crippen molar-refractivity contribution >= 4 is 23.9 Å². The monoisotopic (exact) mass is 261 g/mol. The van der Waals surface area contributed by atoms with Crippen LogP contribution in [0.2, 0.25) is 0 Å². The average Bonchev–Trinajstić information content (AvgIpc) is 2.40. The van der Waals surface area contributed by atoms with E-state index in [4.69, 9.17) is 0 Å². The predicted octanol–water partition coefficient (Wildman–Crippen LogP) is 0.150.